The molecule has 5 heteroatoms. The van der Waals surface area contributed by atoms with Gasteiger partial charge in [-0.2, -0.15) is 5.10 Å². The first-order valence-corrected chi connectivity index (χ1v) is 6.83. The molecule has 2 rings (SSSR count). The summed E-state index contributed by atoms with van der Waals surface area (Å²) in [7, 11) is 1.57. The van der Waals surface area contributed by atoms with E-state index in [9.17, 15) is 9.90 Å². The van der Waals surface area contributed by atoms with Gasteiger partial charge in [-0.1, -0.05) is 30.3 Å². The highest BCUT2D eigenvalue weighted by Crippen LogP contribution is 2.21. The van der Waals surface area contributed by atoms with E-state index >= 15 is 0 Å². The Labute approximate surface area is 123 Å². The summed E-state index contributed by atoms with van der Waals surface area (Å²) < 4.78 is 6.36. The summed E-state index contributed by atoms with van der Waals surface area (Å²) in [5.74, 6) is 0. The molecule has 0 aliphatic rings. The lowest BCUT2D eigenvalue weighted by Crippen LogP contribution is -2.34. The molecule has 0 aliphatic heterocycles. The predicted molar refractivity (Wildman–Crippen MR) is 81.1 cm³/mol. The summed E-state index contributed by atoms with van der Waals surface area (Å²) in [4.78, 5) is 12.4. The molecular weight excluding hydrogens is 268 g/mol. The largest absolute Gasteiger partial charge is 0.386 e. The fraction of sp³-hybridized carbons (Fsp3) is 0.375. The Morgan fingerprint density at radius 3 is 2.52 bits per heavy atom. The molecule has 0 fully saturated rings. The standard InChI is InChI=1S/C16H20N2O3/c1-16(2,20)13-11-14(12-7-5-4-6-8-12)17-18(15(13)19)9-10-21-3/h4-8,11,20H,9-10H2,1-3H3. The number of methoxy groups -OCH3 is 1. The molecular formula is C16H20N2O3. The maximum Gasteiger partial charge on any atom is 0.272 e. The van der Waals surface area contributed by atoms with Gasteiger partial charge in [-0.05, 0) is 19.9 Å². The third-order valence-corrected chi connectivity index (χ3v) is 3.21. The molecule has 0 aliphatic carbocycles. The van der Waals surface area contributed by atoms with Crippen LogP contribution in [0.3, 0.4) is 0 Å². The lowest BCUT2D eigenvalue weighted by Gasteiger charge is -2.19. The maximum absolute atomic E-state index is 12.4. The third kappa shape index (κ3) is 3.56. The second-order valence-corrected chi connectivity index (χ2v) is 5.39. The van der Waals surface area contributed by atoms with Gasteiger partial charge < -0.3 is 9.84 Å². The number of aromatic nitrogens is 2. The molecule has 0 atom stereocenters. The van der Waals surface area contributed by atoms with Crippen LogP contribution in [0.2, 0.25) is 0 Å². The molecule has 0 radical (unpaired) electrons. The second-order valence-electron chi connectivity index (χ2n) is 5.39. The van der Waals surface area contributed by atoms with E-state index in [4.69, 9.17) is 4.74 Å². The lowest BCUT2D eigenvalue weighted by atomic mass is 9.98. The molecule has 0 unspecified atom stereocenters. The van der Waals surface area contributed by atoms with Crippen molar-refractivity contribution in [2.24, 2.45) is 0 Å². The van der Waals surface area contributed by atoms with Crippen molar-refractivity contribution in [3.05, 3.63) is 52.3 Å². The average Bonchev–Trinajstić information content (AvgIpc) is 2.46. The Balaban J connectivity index is 2.59. The van der Waals surface area contributed by atoms with E-state index in [1.807, 2.05) is 30.3 Å². The van der Waals surface area contributed by atoms with E-state index in [1.54, 1.807) is 27.0 Å². The molecule has 0 amide bonds. The highest BCUT2D eigenvalue weighted by molar-refractivity contribution is 5.59. The van der Waals surface area contributed by atoms with E-state index in [-0.39, 0.29) is 5.56 Å². The van der Waals surface area contributed by atoms with Crippen LogP contribution in [-0.4, -0.2) is 28.6 Å². The van der Waals surface area contributed by atoms with E-state index in [0.29, 0.717) is 24.4 Å². The zero-order valence-corrected chi connectivity index (χ0v) is 12.5. The van der Waals surface area contributed by atoms with E-state index in [2.05, 4.69) is 5.10 Å². The number of hydrogen-bond acceptors (Lipinski definition) is 4. The second kappa shape index (κ2) is 6.20. The Kier molecular flexibility index (Phi) is 4.55. The van der Waals surface area contributed by atoms with Crippen LogP contribution < -0.4 is 5.56 Å². The molecule has 5 nitrogen and oxygen atoms in total. The van der Waals surface area contributed by atoms with Crippen LogP contribution in [0, 0.1) is 0 Å². The summed E-state index contributed by atoms with van der Waals surface area (Å²) in [6, 6.07) is 11.2. The monoisotopic (exact) mass is 288 g/mol. The van der Waals surface area contributed by atoms with Crippen LogP contribution in [-0.2, 0) is 16.9 Å². The molecule has 0 bridgehead atoms. The van der Waals surface area contributed by atoms with Gasteiger partial charge in [0.1, 0.15) is 0 Å². The van der Waals surface area contributed by atoms with Crippen LogP contribution in [0.25, 0.3) is 11.3 Å². The van der Waals surface area contributed by atoms with E-state index < -0.39 is 5.60 Å². The van der Waals surface area contributed by atoms with Gasteiger partial charge in [-0.3, -0.25) is 4.79 Å². The molecule has 2 aromatic rings. The first-order valence-electron chi connectivity index (χ1n) is 6.83. The Morgan fingerprint density at radius 2 is 1.95 bits per heavy atom. The first-order chi connectivity index (χ1) is 9.93. The fourth-order valence-electron chi connectivity index (χ4n) is 2.06. The molecule has 1 heterocycles. The number of hydrogen-bond donors (Lipinski definition) is 1. The lowest BCUT2D eigenvalue weighted by molar-refractivity contribution is 0.0758. The van der Waals surface area contributed by atoms with Gasteiger partial charge in [0.2, 0.25) is 0 Å². The normalized spacial score (nSPS) is 11.6. The average molecular weight is 288 g/mol. The minimum atomic E-state index is -1.22. The SMILES string of the molecule is COCCn1nc(-c2ccccc2)cc(C(C)(C)O)c1=O. The summed E-state index contributed by atoms with van der Waals surface area (Å²) in [5.41, 5.74) is 0.363. The summed E-state index contributed by atoms with van der Waals surface area (Å²) >= 11 is 0. The molecule has 1 aromatic heterocycles. The molecule has 0 saturated carbocycles. The predicted octanol–water partition coefficient (Wildman–Crippen LogP) is 1.78. The highest BCUT2D eigenvalue weighted by Gasteiger charge is 2.23. The first kappa shape index (κ1) is 15.4. The molecule has 1 aromatic carbocycles. The van der Waals surface area contributed by atoms with Crippen molar-refractivity contribution < 1.29 is 9.84 Å². The van der Waals surface area contributed by atoms with Crippen molar-refractivity contribution in [3.63, 3.8) is 0 Å². The van der Waals surface area contributed by atoms with Crippen molar-refractivity contribution in [1.82, 2.24) is 9.78 Å². The summed E-state index contributed by atoms with van der Waals surface area (Å²) in [5, 5.41) is 14.6. The van der Waals surface area contributed by atoms with Crippen molar-refractivity contribution in [1.29, 1.82) is 0 Å². The van der Waals surface area contributed by atoms with Crippen LogP contribution in [0.1, 0.15) is 19.4 Å². The van der Waals surface area contributed by atoms with Gasteiger partial charge in [0.25, 0.3) is 5.56 Å². The van der Waals surface area contributed by atoms with E-state index in [1.165, 1.54) is 4.68 Å². The number of ether oxygens (including phenoxy) is 1. The molecule has 0 saturated heterocycles. The van der Waals surface area contributed by atoms with Crippen LogP contribution in [0.4, 0.5) is 0 Å². The van der Waals surface area contributed by atoms with E-state index in [0.717, 1.165) is 5.56 Å². The Bertz CT molecular complexity index is 657. The highest BCUT2D eigenvalue weighted by atomic mass is 16.5. The zero-order valence-electron chi connectivity index (χ0n) is 12.5. The van der Waals surface area contributed by atoms with Crippen LogP contribution in [0.15, 0.2) is 41.2 Å². The third-order valence-electron chi connectivity index (χ3n) is 3.21. The Morgan fingerprint density at radius 1 is 1.29 bits per heavy atom. The number of rotatable bonds is 5. The quantitative estimate of drug-likeness (QED) is 0.911. The van der Waals surface area contributed by atoms with Crippen molar-refractivity contribution in [3.8, 4) is 11.3 Å². The zero-order chi connectivity index (χ0) is 15.5. The van der Waals surface area contributed by atoms with Gasteiger partial charge in [0.15, 0.2) is 0 Å². The Hall–Kier alpha value is -1.98. The van der Waals surface area contributed by atoms with Gasteiger partial charge in [0.05, 0.1) is 30.0 Å². The van der Waals surface area contributed by atoms with Gasteiger partial charge >= 0.3 is 0 Å². The van der Waals surface area contributed by atoms with Crippen molar-refractivity contribution >= 4 is 0 Å². The number of nitrogens with zero attached hydrogens (tertiary/aromatic N) is 2. The smallest absolute Gasteiger partial charge is 0.272 e. The minimum Gasteiger partial charge on any atom is -0.386 e. The van der Waals surface area contributed by atoms with Crippen LogP contribution in [0.5, 0.6) is 0 Å². The summed E-state index contributed by atoms with van der Waals surface area (Å²) in [6.45, 7) is 3.92. The van der Waals surface area contributed by atoms with Crippen molar-refractivity contribution in [2.45, 2.75) is 26.0 Å². The minimum absolute atomic E-state index is 0.292. The molecule has 112 valence electrons. The molecule has 0 spiro atoms. The van der Waals surface area contributed by atoms with Gasteiger partial charge in [-0.25, -0.2) is 4.68 Å². The fourth-order valence-corrected chi connectivity index (χ4v) is 2.06. The topological polar surface area (TPSA) is 64.3 Å². The molecule has 21 heavy (non-hydrogen) atoms. The number of benzene rings is 1. The van der Waals surface area contributed by atoms with Gasteiger partial charge in [-0.15, -0.1) is 0 Å². The van der Waals surface area contributed by atoms with Crippen LogP contribution >= 0.6 is 0 Å². The maximum atomic E-state index is 12.4. The van der Waals surface area contributed by atoms with Crippen molar-refractivity contribution in [2.75, 3.05) is 13.7 Å². The number of aliphatic hydroxyl groups is 1. The molecule has 1 N–H and O–H groups in total. The van der Waals surface area contributed by atoms with Gasteiger partial charge in [0, 0.05) is 12.7 Å². The summed E-state index contributed by atoms with van der Waals surface area (Å²) in [6.07, 6.45) is 0.